The quantitative estimate of drug-likeness (QED) is 0.846. The zero-order chi connectivity index (χ0) is 14.7. The van der Waals surface area contributed by atoms with Crippen LogP contribution in [-0.4, -0.2) is 26.3 Å². The van der Waals surface area contributed by atoms with Crippen LogP contribution < -0.4 is 14.4 Å². The Bertz CT molecular complexity index is 617. The molecule has 1 aromatic heterocycles. The van der Waals surface area contributed by atoms with Crippen molar-refractivity contribution in [3.63, 3.8) is 0 Å². The molecule has 0 bridgehead atoms. The predicted octanol–water partition coefficient (Wildman–Crippen LogP) is 3.94. The molecule has 4 nitrogen and oxygen atoms in total. The van der Waals surface area contributed by atoms with Crippen LogP contribution in [0.15, 0.2) is 34.9 Å². The maximum absolute atomic E-state index is 5.33. The summed E-state index contributed by atoms with van der Waals surface area (Å²) in [6, 6.07) is 7.81. The first-order valence-corrected chi connectivity index (χ1v) is 6.94. The Hall–Kier alpha value is -1.75. The molecule has 1 aromatic carbocycles. The molecule has 0 aliphatic carbocycles. The SMILES string of the molecule is COc1ccc(N(C)c2cc(C)c(Br)cn2)cc1OC. The predicted molar refractivity (Wildman–Crippen MR) is 84.3 cm³/mol. The van der Waals surface area contributed by atoms with Crippen molar-refractivity contribution in [2.75, 3.05) is 26.2 Å². The van der Waals surface area contributed by atoms with E-state index < -0.39 is 0 Å². The molecular weight excluding hydrogens is 320 g/mol. The molecule has 1 heterocycles. The summed E-state index contributed by atoms with van der Waals surface area (Å²) >= 11 is 3.46. The van der Waals surface area contributed by atoms with Crippen LogP contribution in [0.4, 0.5) is 11.5 Å². The molecular formula is C15H17BrN2O2. The lowest BCUT2D eigenvalue weighted by Crippen LogP contribution is -2.11. The molecule has 0 unspecified atom stereocenters. The summed E-state index contributed by atoms with van der Waals surface area (Å²) in [5.41, 5.74) is 2.12. The van der Waals surface area contributed by atoms with Gasteiger partial charge >= 0.3 is 0 Å². The first-order valence-electron chi connectivity index (χ1n) is 6.14. The zero-order valence-corrected chi connectivity index (χ0v) is 13.6. The Labute approximate surface area is 127 Å². The van der Waals surface area contributed by atoms with Gasteiger partial charge in [-0.05, 0) is 46.6 Å². The molecule has 0 saturated carbocycles. The minimum atomic E-state index is 0.700. The molecule has 0 spiro atoms. The minimum absolute atomic E-state index is 0.700. The fourth-order valence-corrected chi connectivity index (χ4v) is 2.09. The lowest BCUT2D eigenvalue weighted by Gasteiger charge is -2.20. The lowest BCUT2D eigenvalue weighted by molar-refractivity contribution is 0.355. The molecule has 0 fully saturated rings. The third-order valence-corrected chi connectivity index (χ3v) is 3.96. The number of halogens is 1. The van der Waals surface area contributed by atoms with Gasteiger partial charge in [-0.25, -0.2) is 4.98 Å². The van der Waals surface area contributed by atoms with E-state index in [9.17, 15) is 0 Å². The van der Waals surface area contributed by atoms with Crippen molar-refractivity contribution in [2.45, 2.75) is 6.92 Å². The van der Waals surface area contributed by atoms with E-state index >= 15 is 0 Å². The number of nitrogens with zero attached hydrogens (tertiary/aromatic N) is 2. The van der Waals surface area contributed by atoms with Gasteiger partial charge < -0.3 is 14.4 Å². The molecule has 5 heteroatoms. The molecule has 0 aliphatic heterocycles. The van der Waals surface area contributed by atoms with Crippen molar-refractivity contribution in [1.29, 1.82) is 0 Å². The highest BCUT2D eigenvalue weighted by molar-refractivity contribution is 9.10. The summed E-state index contributed by atoms with van der Waals surface area (Å²) < 4.78 is 11.6. The van der Waals surface area contributed by atoms with Gasteiger partial charge in [0.25, 0.3) is 0 Å². The maximum atomic E-state index is 5.33. The number of benzene rings is 1. The molecule has 0 saturated heterocycles. The molecule has 0 aliphatic rings. The third-order valence-electron chi connectivity index (χ3n) is 3.13. The van der Waals surface area contributed by atoms with Crippen LogP contribution in [0, 0.1) is 6.92 Å². The second kappa shape index (κ2) is 6.13. The molecule has 0 amide bonds. The highest BCUT2D eigenvalue weighted by Gasteiger charge is 2.10. The summed E-state index contributed by atoms with van der Waals surface area (Å²) in [5, 5.41) is 0. The highest BCUT2D eigenvalue weighted by Crippen LogP contribution is 2.33. The van der Waals surface area contributed by atoms with Crippen molar-refractivity contribution in [3.8, 4) is 11.5 Å². The van der Waals surface area contributed by atoms with Crippen LogP contribution in [0.3, 0.4) is 0 Å². The maximum Gasteiger partial charge on any atom is 0.162 e. The second-order valence-electron chi connectivity index (χ2n) is 4.39. The van der Waals surface area contributed by atoms with E-state index in [-0.39, 0.29) is 0 Å². The average Bonchev–Trinajstić information content (AvgIpc) is 2.48. The van der Waals surface area contributed by atoms with E-state index in [2.05, 4.69) is 20.9 Å². The molecule has 106 valence electrons. The Kier molecular flexibility index (Phi) is 4.49. The summed E-state index contributed by atoms with van der Waals surface area (Å²) in [5.74, 6) is 2.29. The minimum Gasteiger partial charge on any atom is -0.493 e. The van der Waals surface area contributed by atoms with Crippen LogP contribution >= 0.6 is 15.9 Å². The molecule has 0 atom stereocenters. The van der Waals surface area contributed by atoms with E-state index in [1.54, 1.807) is 14.2 Å². The van der Waals surface area contributed by atoms with Crippen LogP contribution in [0.5, 0.6) is 11.5 Å². The number of aromatic nitrogens is 1. The number of ether oxygens (including phenoxy) is 2. The topological polar surface area (TPSA) is 34.6 Å². The lowest BCUT2D eigenvalue weighted by atomic mass is 10.2. The summed E-state index contributed by atoms with van der Waals surface area (Å²) in [7, 11) is 5.22. The Morgan fingerprint density at radius 2 is 1.80 bits per heavy atom. The fourth-order valence-electron chi connectivity index (χ4n) is 1.87. The van der Waals surface area contributed by atoms with Gasteiger partial charge in [-0.2, -0.15) is 0 Å². The van der Waals surface area contributed by atoms with E-state index in [0.29, 0.717) is 11.5 Å². The Morgan fingerprint density at radius 1 is 1.10 bits per heavy atom. The monoisotopic (exact) mass is 336 g/mol. The van der Waals surface area contributed by atoms with E-state index in [0.717, 1.165) is 21.5 Å². The van der Waals surface area contributed by atoms with Crippen LogP contribution in [0.1, 0.15) is 5.56 Å². The van der Waals surface area contributed by atoms with E-state index in [1.807, 2.05) is 49.3 Å². The molecule has 20 heavy (non-hydrogen) atoms. The normalized spacial score (nSPS) is 10.2. The van der Waals surface area contributed by atoms with Gasteiger partial charge in [0.05, 0.1) is 14.2 Å². The standard InChI is InChI=1S/C15H17BrN2O2/c1-10-7-15(17-9-12(10)16)18(2)11-5-6-13(19-3)14(8-11)20-4/h5-9H,1-4H3. The van der Waals surface area contributed by atoms with Crippen LogP contribution in [-0.2, 0) is 0 Å². The van der Waals surface area contributed by atoms with Gasteiger partial charge in [0.2, 0.25) is 0 Å². The largest absolute Gasteiger partial charge is 0.493 e. The van der Waals surface area contributed by atoms with E-state index in [1.165, 1.54) is 0 Å². The van der Waals surface area contributed by atoms with Crippen LogP contribution in [0.2, 0.25) is 0 Å². The number of hydrogen-bond acceptors (Lipinski definition) is 4. The van der Waals surface area contributed by atoms with E-state index in [4.69, 9.17) is 9.47 Å². The van der Waals surface area contributed by atoms with Crippen LogP contribution in [0.25, 0.3) is 0 Å². The molecule has 2 aromatic rings. The number of anilines is 2. The van der Waals surface area contributed by atoms with Crippen molar-refractivity contribution in [3.05, 3.63) is 40.5 Å². The Morgan fingerprint density at radius 3 is 2.40 bits per heavy atom. The first kappa shape index (κ1) is 14.7. The van der Waals surface area contributed by atoms with Crippen molar-refractivity contribution in [1.82, 2.24) is 4.98 Å². The second-order valence-corrected chi connectivity index (χ2v) is 5.24. The molecule has 0 N–H and O–H groups in total. The van der Waals surface area contributed by atoms with Crippen molar-refractivity contribution in [2.24, 2.45) is 0 Å². The summed E-state index contributed by atoms with van der Waals surface area (Å²) in [6.07, 6.45) is 1.81. The molecule has 0 radical (unpaired) electrons. The average molecular weight is 337 g/mol. The summed E-state index contributed by atoms with van der Waals surface area (Å²) in [6.45, 7) is 2.04. The Balaban J connectivity index is 2.37. The van der Waals surface area contributed by atoms with Gasteiger partial charge in [0.15, 0.2) is 11.5 Å². The van der Waals surface area contributed by atoms with Gasteiger partial charge in [0, 0.05) is 29.5 Å². The van der Waals surface area contributed by atoms with Crippen molar-refractivity contribution < 1.29 is 9.47 Å². The number of methoxy groups -OCH3 is 2. The van der Waals surface area contributed by atoms with Gasteiger partial charge in [-0.3, -0.25) is 0 Å². The first-order chi connectivity index (χ1) is 9.56. The van der Waals surface area contributed by atoms with Gasteiger partial charge in [-0.1, -0.05) is 0 Å². The third kappa shape index (κ3) is 2.88. The fraction of sp³-hybridized carbons (Fsp3) is 0.267. The number of aryl methyl sites for hydroxylation is 1. The van der Waals surface area contributed by atoms with Crippen molar-refractivity contribution >= 4 is 27.4 Å². The van der Waals surface area contributed by atoms with Gasteiger partial charge in [0.1, 0.15) is 5.82 Å². The zero-order valence-electron chi connectivity index (χ0n) is 12.0. The highest BCUT2D eigenvalue weighted by atomic mass is 79.9. The summed E-state index contributed by atoms with van der Waals surface area (Å²) in [4.78, 5) is 6.42. The number of hydrogen-bond donors (Lipinski definition) is 0. The molecule has 2 rings (SSSR count). The number of pyridine rings is 1. The van der Waals surface area contributed by atoms with Gasteiger partial charge in [-0.15, -0.1) is 0 Å². The smallest absolute Gasteiger partial charge is 0.162 e. The number of rotatable bonds is 4.